The molecule has 1 aliphatic carbocycles. The van der Waals surface area contributed by atoms with Gasteiger partial charge in [-0.05, 0) is 24.0 Å². The molecular weight excluding hydrogens is 212 g/mol. The van der Waals surface area contributed by atoms with E-state index in [2.05, 4.69) is 24.3 Å². The number of aliphatic hydroxyl groups excluding tert-OH is 1. The highest BCUT2D eigenvalue weighted by atomic mass is 16.6. The number of aliphatic hydroxyl groups is 1. The highest BCUT2D eigenvalue weighted by Crippen LogP contribution is 2.43. The van der Waals surface area contributed by atoms with E-state index in [4.69, 9.17) is 4.74 Å². The molecule has 88 valence electrons. The molecule has 1 aliphatic heterocycles. The molecule has 2 atom stereocenters. The number of ether oxygens (including phenoxy) is 1. The smallest absolute Gasteiger partial charge is 0.116 e. The molecular formula is C15H16O2. The maximum Gasteiger partial charge on any atom is 0.116 e. The lowest BCUT2D eigenvalue weighted by atomic mass is 9.86. The molecule has 1 spiro atoms. The van der Waals surface area contributed by atoms with Crippen molar-refractivity contribution in [1.29, 1.82) is 0 Å². The van der Waals surface area contributed by atoms with Crippen molar-refractivity contribution in [3.8, 4) is 0 Å². The van der Waals surface area contributed by atoms with Crippen molar-refractivity contribution in [3.05, 3.63) is 53.6 Å². The Labute approximate surface area is 101 Å². The molecule has 17 heavy (non-hydrogen) atoms. The summed E-state index contributed by atoms with van der Waals surface area (Å²) in [7, 11) is 0. The summed E-state index contributed by atoms with van der Waals surface area (Å²) in [6.45, 7) is 0.796. The van der Waals surface area contributed by atoms with Crippen LogP contribution in [0.25, 0.3) is 6.08 Å². The molecule has 1 N–H and O–H groups in total. The van der Waals surface area contributed by atoms with E-state index in [0.717, 1.165) is 25.0 Å². The van der Waals surface area contributed by atoms with Gasteiger partial charge < -0.3 is 9.84 Å². The third-order valence-electron chi connectivity index (χ3n) is 3.49. The molecule has 2 heteroatoms. The Bertz CT molecular complexity index is 455. The molecule has 0 bridgehead atoms. The monoisotopic (exact) mass is 228 g/mol. The van der Waals surface area contributed by atoms with E-state index >= 15 is 0 Å². The van der Waals surface area contributed by atoms with Crippen LogP contribution in [-0.4, -0.2) is 23.4 Å². The molecule has 3 rings (SSSR count). The number of hydrogen-bond acceptors (Lipinski definition) is 2. The molecule has 1 fully saturated rings. The van der Waals surface area contributed by atoms with E-state index in [0.29, 0.717) is 0 Å². The summed E-state index contributed by atoms with van der Waals surface area (Å²) in [6.07, 6.45) is 7.50. The summed E-state index contributed by atoms with van der Waals surface area (Å²) >= 11 is 0. The highest BCUT2D eigenvalue weighted by molar-refractivity contribution is 5.55. The van der Waals surface area contributed by atoms with Crippen LogP contribution in [0.3, 0.4) is 0 Å². The Morgan fingerprint density at radius 2 is 2.00 bits per heavy atom. The Hall–Kier alpha value is -1.38. The second-order valence-electron chi connectivity index (χ2n) is 4.76. The first-order valence-corrected chi connectivity index (χ1v) is 6.06. The van der Waals surface area contributed by atoms with Gasteiger partial charge in [0.05, 0.1) is 12.7 Å². The van der Waals surface area contributed by atoms with E-state index in [1.165, 1.54) is 5.56 Å². The summed E-state index contributed by atoms with van der Waals surface area (Å²) in [6, 6.07) is 10.2. The third-order valence-corrected chi connectivity index (χ3v) is 3.49. The summed E-state index contributed by atoms with van der Waals surface area (Å²) in [5, 5.41) is 9.67. The SMILES string of the molecule is OC1C=C(C=Cc2ccccc2)C2(CC1)CO2. The van der Waals surface area contributed by atoms with Gasteiger partial charge in [-0.2, -0.15) is 0 Å². The lowest BCUT2D eigenvalue weighted by Gasteiger charge is -2.21. The van der Waals surface area contributed by atoms with Gasteiger partial charge in [-0.15, -0.1) is 0 Å². The molecule has 1 heterocycles. The number of epoxide rings is 1. The standard InChI is InChI=1S/C15H16O2/c16-14-8-9-15(11-17-15)13(10-14)7-6-12-4-2-1-3-5-12/h1-7,10,14,16H,8-9,11H2. The summed E-state index contributed by atoms with van der Waals surface area (Å²) < 4.78 is 5.56. The van der Waals surface area contributed by atoms with Gasteiger partial charge in [0.2, 0.25) is 0 Å². The number of benzene rings is 1. The van der Waals surface area contributed by atoms with Crippen molar-refractivity contribution in [1.82, 2.24) is 0 Å². The van der Waals surface area contributed by atoms with Gasteiger partial charge in [0.1, 0.15) is 5.60 Å². The largest absolute Gasteiger partial charge is 0.389 e. The minimum absolute atomic E-state index is 0.0789. The van der Waals surface area contributed by atoms with Crippen LogP contribution in [-0.2, 0) is 4.74 Å². The van der Waals surface area contributed by atoms with E-state index in [-0.39, 0.29) is 11.7 Å². The minimum atomic E-state index is -0.319. The minimum Gasteiger partial charge on any atom is -0.389 e. The Morgan fingerprint density at radius 1 is 1.24 bits per heavy atom. The molecule has 1 saturated heterocycles. The molecule has 0 aromatic heterocycles. The van der Waals surface area contributed by atoms with Crippen LogP contribution >= 0.6 is 0 Å². The van der Waals surface area contributed by atoms with Gasteiger partial charge in [-0.3, -0.25) is 0 Å². The molecule has 2 aliphatic rings. The van der Waals surface area contributed by atoms with Crippen molar-refractivity contribution < 1.29 is 9.84 Å². The average Bonchev–Trinajstić information content (AvgIpc) is 3.13. The van der Waals surface area contributed by atoms with Crippen LogP contribution in [0.5, 0.6) is 0 Å². The second-order valence-corrected chi connectivity index (χ2v) is 4.76. The quantitative estimate of drug-likeness (QED) is 0.789. The lowest BCUT2D eigenvalue weighted by molar-refractivity contribution is 0.179. The van der Waals surface area contributed by atoms with Gasteiger partial charge in [0, 0.05) is 0 Å². The van der Waals surface area contributed by atoms with Gasteiger partial charge in [-0.25, -0.2) is 0 Å². The molecule has 2 nitrogen and oxygen atoms in total. The van der Waals surface area contributed by atoms with Crippen molar-refractivity contribution in [3.63, 3.8) is 0 Å². The van der Waals surface area contributed by atoms with Crippen LogP contribution in [0.15, 0.2) is 48.1 Å². The lowest BCUT2D eigenvalue weighted by Crippen LogP contribution is -2.23. The Balaban J connectivity index is 1.82. The molecule has 1 aromatic rings. The van der Waals surface area contributed by atoms with Gasteiger partial charge in [-0.1, -0.05) is 48.6 Å². The van der Waals surface area contributed by atoms with Crippen LogP contribution < -0.4 is 0 Å². The second kappa shape index (κ2) is 4.13. The normalized spacial score (nSPS) is 31.8. The van der Waals surface area contributed by atoms with Crippen LogP contribution in [0.2, 0.25) is 0 Å². The van der Waals surface area contributed by atoms with E-state index in [1.54, 1.807) is 0 Å². The fourth-order valence-corrected chi connectivity index (χ4v) is 2.32. The van der Waals surface area contributed by atoms with Crippen LogP contribution in [0.4, 0.5) is 0 Å². The summed E-state index contributed by atoms with van der Waals surface area (Å²) in [5.41, 5.74) is 2.22. The van der Waals surface area contributed by atoms with Crippen molar-refractivity contribution in [2.24, 2.45) is 0 Å². The first-order valence-electron chi connectivity index (χ1n) is 6.06. The zero-order valence-corrected chi connectivity index (χ0v) is 9.67. The van der Waals surface area contributed by atoms with E-state index < -0.39 is 0 Å². The Morgan fingerprint density at radius 3 is 2.71 bits per heavy atom. The van der Waals surface area contributed by atoms with Gasteiger partial charge >= 0.3 is 0 Å². The summed E-state index contributed by atoms with van der Waals surface area (Å²) in [5.74, 6) is 0. The third kappa shape index (κ3) is 2.19. The van der Waals surface area contributed by atoms with Gasteiger partial charge in [0.25, 0.3) is 0 Å². The summed E-state index contributed by atoms with van der Waals surface area (Å²) in [4.78, 5) is 0. The van der Waals surface area contributed by atoms with Gasteiger partial charge in [0.15, 0.2) is 0 Å². The highest BCUT2D eigenvalue weighted by Gasteiger charge is 2.48. The molecule has 2 unspecified atom stereocenters. The zero-order valence-electron chi connectivity index (χ0n) is 9.67. The maximum absolute atomic E-state index is 9.67. The molecule has 1 aromatic carbocycles. The van der Waals surface area contributed by atoms with E-state index in [9.17, 15) is 5.11 Å². The van der Waals surface area contributed by atoms with Crippen molar-refractivity contribution >= 4 is 6.08 Å². The van der Waals surface area contributed by atoms with Crippen molar-refractivity contribution in [2.45, 2.75) is 24.5 Å². The fourth-order valence-electron chi connectivity index (χ4n) is 2.32. The molecule has 0 amide bonds. The first-order chi connectivity index (χ1) is 8.28. The number of hydrogen-bond donors (Lipinski definition) is 1. The molecule has 0 saturated carbocycles. The average molecular weight is 228 g/mol. The Kier molecular flexibility index (Phi) is 2.61. The zero-order chi connectivity index (χ0) is 11.7. The van der Waals surface area contributed by atoms with Crippen LogP contribution in [0.1, 0.15) is 18.4 Å². The topological polar surface area (TPSA) is 32.8 Å². The maximum atomic E-state index is 9.67. The fraction of sp³-hybridized carbons (Fsp3) is 0.333. The van der Waals surface area contributed by atoms with Crippen molar-refractivity contribution in [2.75, 3.05) is 6.61 Å². The number of rotatable bonds is 2. The van der Waals surface area contributed by atoms with E-state index in [1.807, 2.05) is 24.3 Å². The predicted molar refractivity (Wildman–Crippen MR) is 67.5 cm³/mol. The molecule has 0 radical (unpaired) electrons. The first kappa shape index (κ1) is 10.8. The van der Waals surface area contributed by atoms with Crippen LogP contribution in [0, 0.1) is 0 Å². The predicted octanol–water partition coefficient (Wildman–Crippen LogP) is 2.55.